The van der Waals surface area contributed by atoms with Gasteiger partial charge in [-0.2, -0.15) is 0 Å². The molecule has 2 unspecified atom stereocenters. The van der Waals surface area contributed by atoms with Crippen molar-refractivity contribution >= 4 is 5.78 Å². The van der Waals surface area contributed by atoms with Crippen LogP contribution in [0.25, 0.3) is 0 Å². The van der Waals surface area contributed by atoms with Gasteiger partial charge in [0.05, 0.1) is 6.10 Å². The summed E-state index contributed by atoms with van der Waals surface area (Å²) in [5.74, 6) is 0.264. The molecule has 0 aromatic carbocycles. The van der Waals surface area contributed by atoms with Gasteiger partial charge in [0.25, 0.3) is 0 Å². The number of aliphatic hydroxyl groups is 1. The third kappa shape index (κ3) is 5.70. The van der Waals surface area contributed by atoms with Crippen LogP contribution in [0.3, 0.4) is 0 Å². The Morgan fingerprint density at radius 3 is 2.50 bits per heavy atom. The molecule has 0 aliphatic heterocycles. The van der Waals surface area contributed by atoms with Crippen LogP contribution in [0.4, 0.5) is 0 Å². The molecule has 0 aromatic rings. The predicted molar refractivity (Wildman–Crippen MR) is 59.0 cm³/mol. The minimum Gasteiger partial charge on any atom is -0.393 e. The molecule has 0 aliphatic rings. The maximum Gasteiger partial charge on any atom is 0.155 e. The molecule has 1 N–H and O–H groups in total. The third-order valence-corrected chi connectivity index (χ3v) is 2.18. The van der Waals surface area contributed by atoms with Gasteiger partial charge in [-0.25, -0.2) is 0 Å². The fourth-order valence-corrected chi connectivity index (χ4v) is 1.02. The SMILES string of the molecule is CCC(=O)/C=C/C=C/C(C)C(O)CC. The zero-order valence-electron chi connectivity index (χ0n) is 9.23. The number of allylic oxidation sites excluding steroid dienone is 3. The van der Waals surface area contributed by atoms with E-state index in [0.717, 1.165) is 6.42 Å². The quantitative estimate of drug-likeness (QED) is 0.523. The van der Waals surface area contributed by atoms with E-state index in [1.54, 1.807) is 12.2 Å². The van der Waals surface area contributed by atoms with Gasteiger partial charge >= 0.3 is 0 Å². The van der Waals surface area contributed by atoms with Crippen LogP contribution in [-0.4, -0.2) is 17.0 Å². The largest absolute Gasteiger partial charge is 0.393 e. The summed E-state index contributed by atoms with van der Waals surface area (Å²) in [6.45, 7) is 5.74. The Kier molecular flexibility index (Phi) is 7.03. The van der Waals surface area contributed by atoms with Gasteiger partial charge in [-0.05, 0) is 12.5 Å². The number of hydrogen-bond acceptors (Lipinski definition) is 2. The Hall–Kier alpha value is -0.890. The lowest BCUT2D eigenvalue weighted by Crippen LogP contribution is -2.13. The minimum absolute atomic E-state index is 0.123. The second-order valence-corrected chi connectivity index (χ2v) is 3.40. The first-order valence-corrected chi connectivity index (χ1v) is 5.17. The molecule has 0 fully saturated rings. The normalized spacial score (nSPS) is 16.3. The van der Waals surface area contributed by atoms with E-state index in [9.17, 15) is 9.90 Å². The molecule has 2 nitrogen and oxygen atoms in total. The highest BCUT2D eigenvalue weighted by Gasteiger charge is 2.06. The Bertz CT molecular complexity index is 216. The third-order valence-electron chi connectivity index (χ3n) is 2.18. The topological polar surface area (TPSA) is 37.3 Å². The summed E-state index contributed by atoms with van der Waals surface area (Å²) >= 11 is 0. The minimum atomic E-state index is -0.290. The lowest BCUT2D eigenvalue weighted by Gasteiger charge is -2.11. The molecule has 0 amide bonds. The zero-order chi connectivity index (χ0) is 11.0. The summed E-state index contributed by atoms with van der Waals surface area (Å²) in [5.41, 5.74) is 0. The molecule has 0 rings (SSSR count). The Balaban J connectivity index is 3.93. The molecular formula is C12H20O2. The number of hydrogen-bond donors (Lipinski definition) is 1. The molecule has 0 saturated carbocycles. The highest BCUT2D eigenvalue weighted by atomic mass is 16.3. The van der Waals surface area contributed by atoms with Crippen LogP contribution in [0, 0.1) is 5.92 Å². The number of carbonyl (C=O) groups excluding carboxylic acids is 1. The molecule has 0 spiro atoms. The van der Waals surface area contributed by atoms with Gasteiger partial charge in [0.1, 0.15) is 0 Å². The van der Waals surface area contributed by atoms with Crippen molar-refractivity contribution in [3.63, 3.8) is 0 Å². The van der Waals surface area contributed by atoms with E-state index in [4.69, 9.17) is 0 Å². The van der Waals surface area contributed by atoms with Crippen LogP contribution in [-0.2, 0) is 4.79 Å². The molecule has 0 heterocycles. The first-order chi connectivity index (χ1) is 6.61. The zero-order valence-corrected chi connectivity index (χ0v) is 9.23. The van der Waals surface area contributed by atoms with Crippen LogP contribution in [0.2, 0.25) is 0 Å². The van der Waals surface area contributed by atoms with Gasteiger partial charge in [-0.15, -0.1) is 0 Å². The maximum atomic E-state index is 10.9. The van der Waals surface area contributed by atoms with Crippen molar-refractivity contribution in [2.75, 3.05) is 0 Å². The first kappa shape index (κ1) is 13.1. The monoisotopic (exact) mass is 196 g/mol. The fourth-order valence-electron chi connectivity index (χ4n) is 1.02. The van der Waals surface area contributed by atoms with Gasteiger partial charge in [-0.1, -0.05) is 39.0 Å². The molecule has 80 valence electrons. The molecule has 2 heteroatoms. The summed E-state index contributed by atoms with van der Waals surface area (Å²) in [4.78, 5) is 10.9. The van der Waals surface area contributed by atoms with Crippen LogP contribution in [0.1, 0.15) is 33.6 Å². The molecule has 0 bridgehead atoms. The average molecular weight is 196 g/mol. The van der Waals surface area contributed by atoms with Crippen LogP contribution in [0.5, 0.6) is 0 Å². The molecule has 0 aromatic heterocycles. The van der Waals surface area contributed by atoms with Crippen molar-refractivity contribution in [3.8, 4) is 0 Å². The summed E-state index contributed by atoms with van der Waals surface area (Å²) < 4.78 is 0. The van der Waals surface area contributed by atoms with E-state index in [1.807, 2.05) is 32.9 Å². The first-order valence-electron chi connectivity index (χ1n) is 5.17. The molecule has 0 saturated heterocycles. The lowest BCUT2D eigenvalue weighted by molar-refractivity contribution is -0.114. The summed E-state index contributed by atoms with van der Waals surface area (Å²) in [5, 5.41) is 9.44. The summed E-state index contributed by atoms with van der Waals surface area (Å²) in [7, 11) is 0. The molecule has 2 atom stereocenters. The van der Waals surface area contributed by atoms with Crippen molar-refractivity contribution < 1.29 is 9.90 Å². The van der Waals surface area contributed by atoms with E-state index in [-0.39, 0.29) is 17.8 Å². The van der Waals surface area contributed by atoms with E-state index in [2.05, 4.69) is 0 Å². The predicted octanol–water partition coefficient (Wildman–Crippen LogP) is 2.48. The van der Waals surface area contributed by atoms with E-state index in [1.165, 1.54) is 0 Å². The highest BCUT2D eigenvalue weighted by Crippen LogP contribution is 2.07. The number of rotatable bonds is 6. The van der Waals surface area contributed by atoms with Crippen molar-refractivity contribution in [3.05, 3.63) is 24.3 Å². The Morgan fingerprint density at radius 1 is 1.36 bits per heavy atom. The number of carbonyl (C=O) groups is 1. The number of aliphatic hydroxyl groups excluding tert-OH is 1. The van der Waals surface area contributed by atoms with Gasteiger partial charge < -0.3 is 5.11 Å². The fraction of sp³-hybridized carbons (Fsp3) is 0.583. The van der Waals surface area contributed by atoms with Gasteiger partial charge in [0, 0.05) is 12.3 Å². The maximum absolute atomic E-state index is 10.9. The van der Waals surface area contributed by atoms with Crippen LogP contribution < -0.4 is 0 Å². The molecule has 0 radical (unpaired) electrons. The van der Waals surface area contributed by atoms with E-state index < -0.39 is 0 Å². The average Bonchev–Trinajstić information content (AvgIpc) is 2.22. The van der Waals surface area contributed by atoms with Crippen molar-refractivity contribution in [2.24, 2.45) is 5.92 Å². The second-order valence-electron chi connectivity index (χ2n) is 3.40. The number of ketones is 1. The summed E-state index contributed by atoms with van der Waals surface area (Å²) in [6, 6.07) is 0. The smallest absolute Gasteiger partial charge is 0.155 e. The van der Waals surface area contributed by atoms with Crippen molar-refractivity contribution in [1.29, 1.82) is 0 Å². The second kappa shape index (κ2) is 7.51. The van der Waals surface area contributed by atoms with Crippen molar-refractivity contribution in [1.82, 2.24) is 0 Å². The standard InChI is InChI=1S/C12H20O2/c1-4-11(13)9-7-6-8-10(3)12(14)5-2/h6-10,12,14H,4-5H2,1-3H3/b8-6+,9-7+. The molecular weight excluding hydrogens is 176 g/mol. The Labute approximate surface area is 86.3 Å². The molecule has 0 aliphatic carbocycles. The Morgan fingerprint density at radius 2 is 2.00 bits per heavy atom. The lowest BCUT2D eigenvalue weighted by atomic mass is 10.0. The van der Waals surface area contributed by atoms with Crippen molar-refractivity contribution in [2.45, 2.75) is 39.7 Å². The van der Waals surface area contributed by atoms with Gasteiger partial charge in [0.15, 0.2) is 5.78 Å². The highest BCUT2D eigenvalue weighted by molar-refractivity contribution is 5.89. The van der Waals surface area contributed by atoms with E-state index in [0.29, 0.717) is 6.42 Å². The van der Waals surface area contributed by atoms with Crippen LogP contribution in [0.15, 0.2) is 24.3 Å². The van der Waals surface area contributed by atoms with Gasteiger partial charge in [0.2, 0.25) is 0 Å². The van der Waals surface area contributed by atoms with Crippen LogP contribution >= 0.6 is 0 Å². The van der Waals surface area contributed by atoms with E-state index >= 15 is 0 Å². The van der Waals surface area contributed by atoms with Gasteiger partial charge in [-0.3, -0.25) is 4.79 Å². The molecule has 14 heavy (non-hydrogen) atoms. The summed E-state index contributed by atoms with van der Waals surface area (Å²) in [6.07, 6.45) is 8.01.